The highest BCUT2D eigenvalue weighted by Gasteiger charge is 2.38. The number of aliphatic hydroxyl groups excluding tert-OH is 1. The molecule has 0 aromatic heterocycles. The summed E-state index contributed by atoms with van der Waals surface area (Å²) in [6, 6.07) is 0. The molecule has 0 unspecified atom stereocenters. The first-order chi connectivity index (χ1) is 5.55. The molecular formula is C10H22O2. The van der Waals surface area contributed by atoms with Gasteiger partial charge in [0.25, 0.3) is 0 Å². The van der Waals surface area contributed by atoms with E-state index >= 15 is 0 Å². The maximum absolute atomic E-state index is 9.81. The molecule has 0 radical (unpaired) electrons. The maximum Gasteiger partial charge on any atom is 0.0956 e. The summed E-state index contributed by atoms with van der Waals surface area (Å²) < 4.78 is 5.45. The van der Waals surface area contributed by atoms with Gasteiger partial charge in [-0.2, -0.15) is 0 Å². The third-order valence-electron chi connectivity index (χ3n) is 2.86. The molecule has 0 aliphatic carbocycles. The van der Waals surface area contributed by atoms with Crippen molar-refractivity contribution in [2.75, 3.05) is 7.11 Å². The molecule has 0 fully saturated rings. The third-order valence-corrected chi connectivity index (χ3v) is 2.86. The number of hydrogen-bond donors (Lipinski definition) is 1. The van der Waals surface area contributed by atoms with Crippen LogP contribution in [0.15, 0.2) is 0 Å². The Hall–Kier alpha value is -0.0800. The first kappa shape index (κ1) is 11.9. The van der Waals surface area contributed by atoms with Gasteiger partial charge in [-0.15, -0.1) is 0 Å². The quantitative estimate of drug-likeness (QED) is 0.692. The third kappa shape index (κ3) is 1.99. The zero-order valence-electron chi connectivity index (χ0n) is 8.92. The van der Waals surface area contributed by atoms with Crippen LogP contribution in [-0.2, 0) is 4.74 Å². The van der Waals surface area contributed by atoms with E-state index in [0.717, 1.165) is 12.8 Å². The van der Waals surface area contributed by atoms with Crippen LogP contribution in [0, 0.1) is 5.92 Å². The van der Waals surface area contributed by atoms with Gasteiger partial charge in [0.2, 0.25) is 0 Å². The highest BCUT2D eigenvalue weighted by Crippen LogP contribution is 2.30. The Morgan fingerprint density at radius 3 is 1.92 bits per heavy atom. The van der Waals surface area contributed by atoms with E-state index in [4.69, 9.17) is 4.74 Å². The van der Waals surface area contributed by atoms with Crippen molar-refractivity contribution >= 4 is 0 Å². The van der Waals surface area contributed by atoms with Gasteiger partial charge in [0.05, 0.1) is 11.7 Å². The molecule has 0 aliphatic rings. The Morgan fingerprint density at radius 1 is 1.33 bits per heavy atom. The van der Waals surface area contributed by atoms with Crippen molar-refractivity contribution in [2.45, 2.75) is 52.2 Å². The Balaban J connectivity index is 4.56. The van der Waals surface area contributed by atoms with Gasteiger partial charge in [0.1, 0.15) is 0 Å². The summed E-state index contributed by atoms with van der Waals surface area (Å²) >= 11 is 0. The van der Waals surface area contributed by atoms with Gasteiger partial charge in [0.15, 0.2) is 0 Å². The Labute approximate surface area is 75.9 Å². The van der Waals surface area contributed by atoms with Crippen LogP contribution in [0.25, 0.3) is 0 Å². The van der Waals surface area contributed by atoms with Crippen molar-refractivity contribution in [3.8, 4) is 0 Å². The molecule has 2 heteroatoms. The van der Waals surface area contributed by atoms with E-state index in [2.05, 4.69) is 20.8 Å². The number of rotatable bonds is 5. The van der Waals surface area contributed by atoms with Gasteiger partial charge in [-0.1, -0.05) is 27.7 Å². The molecule has 0 saturated carbocycles. The number of aliphatic hydroxyl groups is 1. The predicted molar refractivity (Wildman–Crippen MR) is 51.2 cm³/mol. The zero-order chi connectivity index (χ0) is 9.78. The summed E-state index contributed by atoms with van der Waals surface area (Å²) in [6.45, 7) is 8.22. The summed E-state index contributed by atoms with van der Waals surface area (Å²) in [7, 11) is 1.68. The SMILES string of the molecule is CC[C@@H](O)[C@](CC)(OC)C(C)C. The van der Waals surface area contributed by atoms with E-state index in [9.17, 15) is 5.11 Å². The summed E-state index contributed by atoms with van der Waals surface area (Å²) in [5.74, 6) is 0.349. The number of hydrogen-bond acceptors (Lipinski definition) is 2. The fourth-order valence-corrected chi connectivity index (χ4v) is 1.89. The fraction of sp³-hybridized carbons (Fsp3) is 1.00. The lowest BCUT2D eigenvalue weighted by molar-refractivity contribution is -0.134. The molecule has 0 aromatic rings. The van der Waals surface area contributed by atoms with Crippen LogP contribution in [0.1, 0.15) is 40.5 Å². The highest BCUT2D eigenvalue weighted by molar-refractivity contribution is 4.89. The highest BCUT2D eigenvalue weighted by atomic mass is 16.5. The van der Waals surface area contributed by atoms with Gasteiger partial charge < -0.3 is 9.84 Å². The first-order valence-corrected chi connectivity index (χ1v) is 4.78. The van der Waals surface area contributed by atoms with Gasteiger partial charge in [0, 0.05) is 7.11 Å². The minimum absolute atomic E-state index is 0.349. The number of ether oxygens (including phenoxy) is 1. The van der Waals surface area contributed by atoms with Gasteiger partial charge >= 0.3 is 0 Å². The molecule has 0 aliphatic heterocycles. The standard InChI is InChI=1S/C10H22O2/c1-6-9(11)10(7-2,12-5)8(3)4/h8-9,11H,6-7H2,1-5H3/t9-,10-/m1/s1. The van der Waals surface area contributed by atoms with E-state index in [-0.39, 0.29) is 11.7 Å². The Kier molecular flexibility index (Phi) is 4.80. The average Bonchev–Trinajstić information content (AvgIpc) is 2.06. The second-order valence-electron chi connectivity index (χ2n) is 3.59. The lowest BCUT2D eigenvalue weighted by Gasteiger charge is -2.39. The summed E-state index contributed by atoms with van der Waals surface area (Å²) in [5, 5.41) is 9.81. The molecule has 0 heterocycles. The number of methoxy groups -OCH3 is 1. The molecule has 2 atom stereocenters. The van der Waals surface area contributed by atoms with E-state index in [1.807, 2.05) is 6.92 Å². The molecular weight excluding hydrogens is 152 g/mol. The summed E-state index contributed by atoms with van der Waals surface area (Å²) in [5.41, 5.74) is -0.352. The molecule has 0 bridgehead atoms. The van der Waals surface area contributed by atoms with Crippen LogP contribution >= 0.6 is 0 Å². The van der Waals surface area contributed by atoms with Crippen molar-refractivity contribution in [2.24, 2.45) is 5.92 Å². The molecule has 12 heavy (non-hydrogen) atoms. The van der Waals surface area contributed by atoms with Crippen LogP contribution in [0.4, 0.5) is 0 Å². The first-order valence-electron chi connectivity index (χ1n) is 4.78. The minimum Gasteiger partial charge on any atom is -0.390 e. The van der Waals surface area contributed by atoms with E-state index in [1.165, 1.54) is 0 Å². The molecule has 0 saturated heterocycles. The molecule has 1 N–H and O–H groups in total. The van der Waals surface area contributed by atoms with E-state index < -0.39 is 0 Å². The summed E-state index contributed by atoms with van der Waals surface area (Å²) in [4.78, 5) is 0. The van der Waals surface area contributed by atoms with E-state index in [1.54, 1.807) is 7.11 Å². The van der Waals surface area contributed by atoms with Gasteiger partial charge in [-0.05, 0) is 18.8 Å². The second-order valence-corrected chi connectivity index (χ2v) is 3.59. The van der Waals surface area contributed by atoms with Crippen LogP contribution < -0.4 is 0 Å². The maximum atomic E-state index is 9.81. The largest absolute Gasteiger partial charge is 0.390 e. The van der Waals surface area contributed by atoms with Gasteiger partial charge in [-0.25, -0.2) is 0 Å². The van der Waals surface area contributed by atoms with Crippen LogP contribution in [-0.4, -0.2) is 23.9 Å². The molecule has 0 spiro atoms. The molecule has 2 nitrogen and oxygen atoms in total. The second kappa shape index (κ2) is 4.83. The van der Waals surface area contributed by atoms with Crippen LogP contribution in [0.3, 0.4) is 0 Å². The Morgan fingerprint density at radius 2 is 1.83 bits per heavy atom. The monoisotopic (exact) mass is 174 g/mol. The topological polar surface area (TPSA) is 29.5 Å². The molecule has 0 amide bonds. The minimum atomic E-state index is -0.354. The molecule has 0 aromatic carbocycles. The lowest BCUT2D eigenvalue weighted by Crippen LogP contribution is -2.47. The zero-order valence-corrected chi connectivity index (χ0v) is 8.92. The smallest absolute Gasteiger partial charge is 0.0956 e. The molecule has 74 valence electrons. The van der Waals surface area contributed by atoms with Gasteiger partial charge in [-0.3, -0.25) is 0 Å². The van der Waals surface area contributed by atoms with Crippen molar-refractivity contribution in [3.05, 3.63) is 0 Å². The van der Waals surface area contributed by atoms with Crippen LogP contribution in [0.2, 0.25) is 0 Å². The van der Waals surface area contributed by atoms with Crippen molar-refractivity contribution in [1.82, 2.24) is 0 Å². The Bertz CT molecular complexity index is 117. The normalized spacial score (nSPS) is 19.2. The van der Waals surface area contributed by atoms with Crippen molar-refractivity contribution < 1.29 is 9.84 Å². The van der Waals surface area contributed by atoms with Crippen LogP contribution in [0.5, 0.6) is 0 Å². The van der Waals surface area contributed by atoms with Crippen molar-refractivity contribution in [3.63, 3.8) is 0 Å². The predicted octanol–water partition coefficient (Wildman–Crippen LogP) is 2.21. The summed E-state index contributed by atoms with van der Waals surface area (Å²) in [6.07, 6.45) is 1.25. The molecule has 0 rings (SSSR count). The van der Waals surface area contributed by atoms with E-state index in [0.29, 0.717) is 5.92 Å². The fourth-order valence-electron chi connectivity index (χ4n) is 1.89. The average molecular weight is 174 g/mol. The van der Waals surface area contributed by atoms with Crippen molar-refractivity contribution in [1.29, 1.82) is 0 Å². The lowest BCUT2D eigenvalue weighted by atomic mass is 9.81.